The van der Waals surface area contributed by atoms with Gasteiger partial charge in [-0.1, -0.05) is 36.4 Å². The Morgan fingerprint density at radius 3 is 2.50 bits per heavy atom. The SMILES string of the molecule is Cc1coc2ccc(-c3ccccc3)cc12. The molecular formula is C15H12O. The standard InChI is InChI=1S/C15H12O/c1-11-10-16-15-8-7-13(9-14(11)15)12-5-3-2-4-6-12/h2-10H,1H3. The molecule has 0 unspecified atom stereocenters. The molecule has 3 rings (SSSR count). The molecule has 2 aromatic carbocycles. The van der Waals surface area contributed by atoms with Crippen molar-refractivity contribution in [3.05, 3.63) is 60.4 Å². The van der Waals surface area contributed by atoms with E-state index >= 15 is 0 Å². The van der Waals surface area contributed by atoms with Gasteiger partial charge in [0.25, 0.3) is 0 Å². The molecule has 3 aromatic rings. The second-order valence-electron chi connectivity index (χ2n) is 4.00. The minimum atomic E-state index is 0.956. The predicted octanol–water partition coefficient (Wildman–Crippen LogP) is 4.41. The second-order valence-corrected chi connectivity index (χ2v) is 4.00. The van der Waals surface area contributed by atoms with E-state index in [1.165, 1.54) is 22.1 Å². The number of furan rings is 1. The van der Waals surface area contributed by atoms with Crippen molar-refractivity contribution < 1.29 is 4.42 Å². The van der Waals surface area contributed by atoms with Gasteiger partial charge in [0.05, 0.1) is 6.26 Å². The lowest BCUT2D eigenvalue weighted by Crippen LogP contribution is -1.77. The summed E-state index contributed by atoms with van der Waals surface area (Å²) in [4.78, 5) is 0. The Balaban J connectivity index is 2.22. The van der Waals surface area contributed by atoms with Crippen LogP contribution in [-0.2, 0) is 0 Å². The number of benzene rings is 2. The Bertz CT molecular complexity index is 620. The maximum absolute atomic E-state index is 5.44. The third-order valence-corrected chi connectivity index (χ3v) is 2.87. The fourth-order valence-electron chi connectivity index (χ4n) is 1.97. The van der Waals surface area contributed by atoms with E-state index in [4.69, 9.17) is 4.42 Å². The van der Waals surface area contributed by atoms with Crippen molar-refractivity contribution >= 4 is 11.0 Å². The summed E-state index contributed by atoms with van der Waals surface area (Å²) >= 11 is 0. The first-order valence-electron chi connectivity index (χ1n) is 5.38. The van der Waals surface area contributed by atoms with Gasteiger partial charge < -0.3 is 4.42 Å². The summed E-state index contributed by atoms with van der Waals surface area (Å²) in [5.74, 6) is 0. The molecule has 0 atom stereocenters. The fraction of sp³-hybridized carbons (Fsp3) is 0.0667. The van der Waals surface area contributed by atoms with Crippen LogP contribution >= 0.6 is 0 Å². The molecule has 0 aliphatic heterocycles. The van der Waals surface area contributed by atoms with Crippen LogP contribution in [0.15, 0.2) is 59.2 Å². The number of aryl methyl sites for hydroxylation is 1. The summed E-state index contributed by atoms with van der Waals surface area (Å²) in [5, 5.41) is 1.20. The van der Waals surface area contributed by atoms with E-state index in [9.17, 15) is 0 Å². The molecule has 0 radical (unpaired) electrons. The summed E-state index contributed by atoms with van der Waals surface area (Å²) in [6.07, 6.45) is 1.80. The molecule has 1 heterocycles. The van der Waals surface area contributed by atoms with Gasteiger partial charge in [-0.2, -0.15) is 0 Å². The van der Waals surface area contributed by atoms with Crippen LogP contribution in [0.4, 0.5) is 0 Å². The smallest absolute Gasteiger partial charge is 0.134 e. The van der Waals surface area contributed by atoms with E-state index in [0.717, 1.165) is 5.58 Å². The van der Waals surface area contributed by atoms with Crippen molar-refractivity contribution in [2.75, 3.05) is 0 Å². The van der Waals surface area contributed by atoms with Crippen LogP contribution in [0.2, 0.25) is 0 Å². The molecule has 0 N–H and O–H groups in total. The highest BCUT2D eigenvalue weighted by molar-refractivity contribution is 5.86. The van der Waals surface area contributed by atoms with Crippen LogP contribution in [0.1, 0.15) is 5.56 Å². The molecule has 16 heavy (non-hydrogen) atoms. The molecule has 0 saturated carbocycles. The number of fused-ring (bicyclic) bond motifs is 1. The van der Waals surface area contributed by atoms with Gasteiger partial charge >= 0.3 is 0 Å². The van der Waals surface area contributed by atoms with E-state index in [2.05, 4.69) is 43.3 Å². The van der Waals surface area contributed by atoms with Crippen molar-refractivity contribution in [2.24, 2.45) is 0 Å². The molecule has 0 amide bonds. The molecule has 1 nitrogen and oxygen atoms in total. The average molecular weight is 208 g/mol. The summed E-state index contributed by atoms with van der Waals surface area (Å²) in [7, 11) is 0. The largest absolute Gasteiger partial charge is 0.464 e. The third-order valence-electron chi connectivity index (χ3n) is 2.87. The summed E-state index contributed by atoms with van der Waals surface area (Å²) in [6.45, 7) is 2.07. The van der Waals surface area contributed by atoms with Crippen molar-refractivity contribution in [1.82, 2.24) is 0 Å². The van der Waals surface area contributed by atoms with E-state index < -0.39 is 0 Å². The lowest BCUT2D eigenvalue weighted by molar-refractivity contribution is 0.613. The molecule has 0 spiro atoms. The van der Waals surface area contributed by atoms with E-state index in [1.54, 1.807) is 6.26 Å². The number of hydrogen-bond acceptors (Lipinski definition) is 1. The first-order chi connectivity index (χ1) is 7.84. The lowest BCUT2D eigenvalue weighted by atomic mass is 10.0. The van der Waals surface area contributed by atoms with Gasteiger partial charge in [-0.3, -0.25) is 0 Å². The molecule has 0 aliphatic carbocycles. The highest BCUT2D eigenvalue weighted by Crippen LogP contribution is 2.27. The third kappa shape index (κ3) is 1.41. The molecule has 0 saturated heterocycles. The van der Waals surface area contributed by atoms with Gasteiger partial charge in [-0.05, 0) is 35.7 Å². The van der Waals surface area contributed by atoms with Gasteiger partial charge in [0.1, 0.15) is 5.58 Å². The maximum Gasteiger partial charge on any atom is 0.134 e. The molecule has 1 aromatic heterocycles. The Hall–Kier alpha value is -2.02. The van der Waals surface area contributed by atoms with Gasteiger partial charge in [0, 0.05) is 5.39 Å². The quantitative estimate of drug-likeness (QED) is 0.577. The molecule has 0 fully saturated rings. The van der Waals surface area contributed by atoms with Crippen molar-refractivity contribution in [1.29, 1.82) is 0 Å². The zero-order valence-electron chi connectivity index (χ0n) is 9.10. The average Bonchev–Trinajstić information content (AvgIpc) is 2.72. The highest BCUT2D eigenvalue weighted by atomic mass is 16.3. The minimum absolute atomic E-state index is 0.956. The molecule has 1 heteroatoms. The van der Waals surface area contributed by atoms with Gasteiger partial charge in [-0.15, -0.1) is 0 Å². The second kappa shape index (κ2) is 3.53. The highest BCUT2D eigenvalue weighted by Gasteiger charge is 2.03. The first kappa shape index (κ1) is 9.22. The Labute approximate surface area is 94.3 Å². The van der Waals surface area contributed by atoms with Crippen LogP contribution in [-0.4, -0.2) is 0 Å². The van der Waals surface area contributed by atoms with Gasteiger partial charge in [0.15, 0.2) is 0 Å². The zero-order chi connectivity index (χ0) is 11.0. The topological polar surface area (TPSA) is 13.1 Å². The monoisotopic (exact) mass is 208 g/mol. The van der Waals surface area contributed by atoms with Crippen LogP contribution < -0.4 is 0 Å². The van der Waals surface area contributed by atoms with E-state index in [-0.39, 0.29) is 0 Å². The van der Waals surface area contributed by atoms with Gasteiger partial charge in [-0.25, -0.2) is 0 Å². The Morgan fingerprint density at radius 2 is 1.69 bits per heavy atom. The Morgan fingerprint density at radius 1 is 0.875 bits per heavy atom. The molecule has 78 valence electrons. The molecule has 0 bridgehead atoms. The normalized spacial score (nSPS) is 10.8. The van der Waals surface area contributed by atoms with Crippen LogP contribution in [0.5, 0.6) is 0 Å². The van der Waals surface area contributed by atoms with Crippen LogP contribution in [0.25, 0.3) is 22.1 Å². The van der Waals surface area contributed by atoms with Crippen molar-refractivity contribution in [3.63, 3.8) is 0 Å². The van der Waals surface area contributed by atoms with Crippen molar-refractivity contribution in [3.8, 4) is 11.1 Å². The lowest BCUT2D eigenvalue weighted by Gasteiger charge is -2.01. The summed E-state index contributed by atoms with van der Waals surface area (Å²) < 4.78 is 5.44. The van der Waals surface area contributed by atoms with E-state index in [0.29, 0.717) is 0 Å². The van der Waals surface area contributed by atoms with Crippen molar-refractivity contribution in [2.45, 2.75) is 6.92 Å². The fourth-order valence-corrected chi connectivity index (χ4v) is 1.97. The van der Waals surface area contributed by atoms with Gasteiger partial charge in [0.2, 0.25) is 0 Å². The number of hydrogen-bond donors (Lipinski definition) is 0. The maximum atomic E-state index is 5.44. The first-order valence-corrected chi connectivity index (χ1v) is 5.38. The number of rotatable bonds is 1. The van der Waals surface area contributed by atoms with E-state index in [1.807, 2.05) is 12.1 Å². The van der Waals surface area contributed by atoms with Crippen LogP contribution in [0, 0.1) is 6.92 Å². The molecular weight excluding hydrogens is 196 g/mol. The van der Waals surface area contributed by atoms with Crippen LogP contribution in [0.3, 0.4) is 0 Å². The predicted molar refractivity (Wildman–Crippen MR) is 66.4 cm³/mol. The summed E-state index contributed by atoms with van der Waals surface area (Å²) in [6, 6.07) is 16.7. The molecule has 0 aliphatic rings. The zero-order valence-corrected chi connectivity index (χ0v) is 9.10. The summed E-state index contributed by atoms with van der Waals surface area (Å²) in [5.41, 5.74) is 4.62. The Kier molecular flexibility index (Phi) is 2.03. The minimum Gasteiger partial charge on any atom is -0.464 e.